The van der Waals surface area contributed by atoms with Gasteiger partial charge in [-0.3, -0.25) is 4.79 Å². The van der Waals surface area contributed by atoms with Crippen molar-refractivity contribution in [3.63, 3.8) is 0 Å². The van der Waals surface area contributed by atoms with E-state index in [1.807, 2.05) is 13.0 Å². The molecule has 0 N–H and O–H groups in total. The largest absolute Gasteiger partial charge is 0.386 e. The fourth-order valence-corrected chi connectivity index (χ4v) is 2.57. The van der Waals surface area contributed by atoms with Crippen LogP contribution in [0.2, 0.25) is 0 Å². The second kappa shape index (κ2) is 7.77. The highest BCUT2D eigenvalue weighted by Crippen LogP contribution is 2.24. The van der Waals surface area contributed by atoms with Crippen LogP contribution in [0, 0.1) is 0 Å². The van der Waals surface area contributed by atoms with Crippen LogP contribution in [-0.2, 0) is 20.7 Å². The fourth-order valence-electron chi connectivity index (χ4n) is 1.46. The summed E-state index contributed by atoms with van der Waals surface area (Å²) in [7, 11) is 0. The van der Waals surface area contributed by atoms with Crippen molar-refractivity contribution in [3.8, 4) is 0 Å². The van der Waals surface area contributed by atoms with Crippen LogP contribution < -0.4 is 0 Å². The molecule has 1 rings (SSSR count). The highest BCUT2D eigenvalue weighted by atomic mass is 79.9. The van der Waals surface area contributed by atoms with Crippen molar-refractivity contribution in [3.05, 3.63) is 29.3 Å². The van der Waals surface area contributed by atoms with Gasteiger partial charge >= 0.3 is 5.97 Å². The standard InChI is InChI=1S/C13H17BrO2S/c1-3-5-13(15)16-17-12-7-6-10(4-2)11(8-12)9-14/h6-8H,3-5,9H2,1-2H3. The van der Waals surface area contributed by atoms with Gasteiger partial charge in [-0.15, -0.1) is 0 Å². The Balaban J connectivity index is 2.63. The third-order valence-electron chi connectivity index (χ3n) is 2.39. The molecule has 0 atom stereocenters. The van der Waals surface area contributed by atoms with Crippen molar-refractivity contribution < 1.29 is 8.98 Å². The lowest BCUT2D eigenvalue weighted by atomic mass is 10.1. The van der Waals surface area contributed by atoms with Gasteiger partial charge in [-0.2, -0.15) is 0 Å². The summed E-state index contributed by atoms with van der Waals surface area (Å²) in [6, 6.07) is 6.15. The van der Waals surface area contributed by atoms with E-state index in [2.05, 4.69) is 35.0 Å². The van der Waals surface area contributed by atoms with Crippen LogP contribution in [0.4, 0.5) is 0 Å². The maximum absolute atomic E-state index is 11.2. The Hall–Kier alpha value is -0.480. The molecule has 0 aromatic heterocycles. The average molecular weight is 317 g/mol. The van der Waals surface area contributed by atoms with E-state index in [1.165, 1.54) is 11.1 Å². The molecule has 0 aliphatic carbocycles. The van der Waals surface area contributed by atoms with Crippen molar-refractivity contribution in [2.24, 2.45) is 0 Å². The molecule has 0 bridgehead atoms. The number of hydrogen-bond donors (Lipinski definition) is 0. The maximum atomic E-state index is 11.2. The molecular weight excluding hydrogens is 300 g/mol. The second-order valence-corrected chi connectivity index (χ2v) is 5.07. The summed E-state index contributed by atoms with van der Waals surface area (Å²) < 4.78 is 5.10. The van der Waals surface area contributed by atoms with Crippen LogP contribution in [0.1, 0.15) is 37.8 Å². The molecular formula is C13H17BrO2S. The highest BCUT2D eigenvalue weighted by Gasteiger charge is 2.06. The predicted molar refractivity (Wildman–Crippen MR) is 75.3 cm³/mol. The SMILES string of the molecule is CCCC(=O)OSc1ccc(CC)c(CBr)c1. The number of aryl methyl sites for hydroxylation is 1. The summed E-state index contributed by atoms with van der Waals surface area (Å²) in [5.41, 5.74) is 2.58. The molecule has 0 fully saturated rings. The number of carbonyl (C=O) groups excluding carboxylic acids is 1. The first kappa shape index (κ1) is 14.6. The third kappa shape index (κ3) is 4.72. The van der Waals surface area contributed by atoms with E-state index in [1.54, 1.807) is 0 Å². The summed E-state index contributed by atoms with van der Waals surface area (Å²) in [4.78, 5) is 12.2. The van der Waals surface area contributed by atoms with E-state index in [0.717, 1.165) is 35.1 Å². The molecule has 94 valence electrons. The van der Waals surface area contributed by atoms with Gasteiger partial charge in [0, 0.05) is 16.6 Å². The Kier molecular flexibility index (Phi) is 6.66. The Labute approximate surface area is 115 Å². The van der Waals surface area contributed by atoms with E-state index < -0.39 is 0 Å². The van der Waals surface area contributed by atoms with Crippen molar-refractivity contribution in [2.45, 2.75) is 43.3 Å². The summed E-state index contributed by atoms with van der Waals surface area (Å²) in [6.07, 6.45) is 2.31. The Morgan fingerprint density at radius 2 is 2.12 bits per heavy atom. The summed E-state index contributed by atoms with van der Waals surface area (Å²) in [5.74, 6) is -0.155. The minimum absolute atomic E-state index is 0.155. The molecule has 1 aromatic rings. The van der Waals surface area contributed by atoms with Crippen molar-refractivity contribution in [1.82, 2.24) is 0 Å². The van der Waals surface area contributed by atoms with Crippen LogP contribution in [0.15, 0.2) is 23.1 Å². The van der Waals surface area contributed by atoms with Crippen LogP contribution in [0.25, 0.3) is 0 Å². The van der Waals surface area contributed by atoms with E-state index in [-0.39, 0.29) is 5.97 Å². The van der Waals surface area contributed by atoms with Gasteiger partial charge in [0.25, 0.3) is 0 Å². The molecule has 0 aliphatic rings. The number of benzene rings is 1. The molecule has 0 heterocycles. The smallest absolute Gasteiger partial charge is 0.318 e. The van der Waals surface area contributed by atoms with Crippen molar-refractivity contribution >= 4 is 33.9 Å². The van der Waals surface area contributed by atoms with Gasteiger partial charge in [0.1, 0.15) is 0 Å². The minimum Gasteiger partial charge on any atom is -0.386 e. The number of hydrogen-bond acceptors (Lipinski definition) is 3. The summed E-state index contributed by atoms with van der Waals surface area (Å²) >= 11 is 4.62. The van der Waals surface area contributed by atoms with E-state index in [0.29, 0.717) is 6.42 Å². The Morgan fingerprint density at radius 3 is 2.71 bits per heavy atom. The lowest BCUT2D eigenvalue weighted by Gasteiger charge is -2.07. The predicted octanol–water partition coefficient (Wildman–Crippen LogP) is 4.49. The first-order chi connectivity index (χ1) is 8.21. The van der Waals surface area contributed by atoms with Gasteiger partial charge in [-0.1, -0.05) is 35.8 Å². The maximum Gasteiger partial charge on any atom is 0.318 e. The van der Waals surface area contributed by atoms with Crippen molar-refractivity contribution in [2.75, 3.05) is 0 Å². The molecule has 0 spiro atoms. The molecule has 1 aromatic carbocycles. The molecule has 2 nitrogen and oxygen atoms in total. The van der Waals surface area contributed by atoms with Gasteiger partial charge in [0.05, 0.1) is 12.0 Å². The molecule has 0 saturated heterocycles. The van der Waals surface area contributed by atoms with E-state index in [4.69, 9.17) is 4.18 Å². The van der Waals surface area contributed by atoms with Gasteiger partial charge < -0.3 is 4.18 Å². The number of rotatable bonds is 6. The van der Waals surface area contributed by atoms with Gasteiger partial charge in [0.2, 0.25) is 0 Å². The molecule has 0 radical (unpaired) electrons. The van der Waals surface area contributed by atoms with Crippen LogP contribution in [0.3, 0.4) is 0 Å². The van der Waals surface area contributed by atoms with Gasteiger partial charge in [-0.05, 0) is 36.1 Å². The van der Waals surface area contributed by atoms with Crippen LogP contribution in [0.5, 0.6) is 0 Å². The normalized spacial score (nSPS) is 10.3. The summed E-state index contributed by atoms with van der Waals surface area (Å²) in [5, 5.41) is 0.827. The lowest BCUT2D eigenvalue weighted by molar-refractivity contribution is -0.133. The Morgan fingerprint density at radius 1 is 1.35 bits per heavy atom. The van der Waals surface area contributed by atoms with Gasteiger partial charge in [0.15, 0.2) is 0 Å². The number of carbonyl (C=O) groups is 1. The number of alkyl halides is 1. The van der Waals surface area contributed by atoms with Crippen LogP contribution in [-0.4, -0.2) is 5.97 Å². The third-order valence-corrected chi connectivity index (χ3v) is 3.71. The van der Waals surface area contributed by atoms with Crippen LogP contribution >= 0.6 is 28.0 Å². The molecule has 0 aliphatic heterocycles. The average Bonchev–Trinajstić information content (AvgIpc) is 2.36. The van der Waals surface area contributed by atoms with Crippen molar-refractivity contribution in [1.29, 1.82) is 0 Å². The fraction of sp³-hybridized carbons (Fsp3) is 0.462. The van der Waals surface area contributed by atoms with Gasteiger partial charge in [-0.25, -0.2) is 0 Å². The molecule has 0 unspecified atom stereocenters. The first-order valence-electron chi connectivity index (χ1n) is 5.76. The van der Waals surface area contributed by atoms with E-state index in [9.17, 15) is 4.79 Å². The molecule has 0 saturated carbocycles. The zero-order chi connectivity index (χ0) is 12.7. The number of halogens is 1. The molecule has 0 amide bonds. The molecule has 4 heteroatoms. The zero-order valence-corrected chi connectivity index (χ0v) is 12.6. The quantitative estimate of drug-likeness (QED) is 0.571. The first-order valence-corrected chi connectivity index (χ1v) is 7.62. The molecule has 17 heavy (non-hydrogen) atoms. The summed E-state index contributed by atoms with van der Waals surface area (Å²) in [6.45, 7) is 4.10. The zero-order valence-electron chi connectivity index (χ0n) is 10.2. The Bertz CT molecular complexity index is 380. The lowest BCUT2D eigenvalue weighted by Crippen LogP contribution is -1.97. The van der Waals surface area contributed by atoms with E-state index >= 15 is 0 Å². The topological polar surface area (TPSA) is 26.3 Å². The second-order valence-electron chi connectivity index (χ2n) is 3.71. The highest BCUT2D eigenvalue weighted by molar-refractivity contribution is 9.08. The minimum atomic E-state index is -0.155. The monoisotopic (exact) mass is 316 g/mol.